The molecule has 128 valence electrons. The molecule has 1 aromatic carbocycles. The highest BCUT2D eigenvalue weighted by Gasteiger charge is 2.08. The van der Waals surface area contributed by atoms with Crippen LogP contribution in [0.5, 0.6) is 0 Å². The van der Waals surface area contributed by atoms with Crippen LogP contribution in [-0.2, 0) is 19.2 Å². The molecule has 0 saturated heterocycles. The SMILES string of the molecule is Cc1ccc(NC(=O)CCC(=O)NNC(=O)/C=C/C(=O)O)cc1C. The van der Waals surface area contributed by atoms with E-state index >= 15 is 0 Å². The molecule has 0 aliphatic rings. The Bertz CT molecular complexity index is 682. The van der Waals surface area contributed by atoms with Gasteiger partial charge in [0.1, 0.15) is 0 Å². The minimum Gasteiger partial charge on any atom is -0.478 e. The fraction of sp³-hybridized carbons (Fsp3) is 0.250. The molecule has 0 aliphatic carbocycles. The Labute approximate surface area is 138 Å². The lowest BCUT2D eigenvalue weighted by Gasteiger charge is -2.08. The highest BCUT2D eigenvalue weighted by atomic mass is 16.4. The second-order valence-corrected chi connectivity index (χ2v) is 5.06. The zero-order valence-corrected chi connectivity index (χ0v) is 13.4. The first-order chi connectivity index (χ1) is 11.3. The first-order valence-electron chi connectivity index (χ1n) is 7.15. The molecule has 24 heavy (non-hydrogen) atoms. The van der Waals surface area contributed by atoms with Crippen molar-refractivity contribution < 1.29 is 24.3 Å². The van der Waals surface area contributed by atoms with Gasteiger partial charge in [-0.2, -0.15) is 0 Å². The second-order valence-electron chi connectivity index (χ2n) is 5.06. The van der Waals surface area contributed by atoms with Gasteiger partial charge in [-0.15, -0.1) is 0 Å². The fourth-order valence-electron chi connectivity index (χ4n) is 1.65. The van der Waals surface area contributed by atoms with Crippen molar-refractivity contribution >= 4 is 29.4 Å². The van der Waals surface area contributed by atoms with Crippen molar-refractivity contribution in [2.24, 2.45) is 0 Å². The van der Waals surface area contributed by atoms with Crippen LogP contribution in [0.15, 0.2) is 30.4 Å². The Balaban J connectivity index is 2.33. The lowest BCUT2D eigenvalue weighted by Crippen LogP contribution is -2.41. The molecule has 8 heteroatoms. The molecule has 1 rings (SSSR count). The number of hydrogen-bond acceptors (Lipinski definition) is 4. The third-order valence-corrected chi connectivity index (χ3v) is 3.07. The molecule has 1 aromatic rings. The van der Waals surface area contributed by atoms with Crippen LogP contribution >= 0.6 is 0 Å². The number of carboxylic acids is 1. The van der Waals surface area contributed by atoms with E-state index in [0.717, 1.165) is 17.2 Å². The summed E-state index contributed by atoms with van der Waals surface area (Å²) in [5.41, 5.74) is 6.89. The first kappa shape index (κ1) is 18.9. The third-order valence-electron chi connectivity index (χ3n) is 3.07. The summed E-state index contributed by atoms with van der Waals surface area (Å²) in [6, 6.07) is 5.50. The molecule has 0 heterocycles. The minimum atomic E-state index is -1.28. The van der Waals surface area contributed by atoms with E-state index in [1.807, 2.05) is 31.4 Å². The molecule has 0 saturated carbocycles. The molecule has 4 N–H and O–H groups in total. The van der Waals surface area contributed by atoms with Crippen LogP contribution in [-0.4, -0.2) is 28.8 Å². The molecular weight excluding hydrogens is 314 g/mol. The summed E-state index contributed by atoms with van der Waals surface area (Å²) in [5, 5.41) is 11.0. The minimum absolute atomic E-state index is 0.0560. The Hall–Kier alpha value is -3.16. The van der Waals surface area contributed by atoms with E-state index in [2.05, 4.69) is 10.7 Å². The largest absolute Gasteiger partial charge is 0.478 e. The van der Waals surface area contributed by atoms with Crippen molar-refractivity contribution in [3.63, 3.8) is 0 Å². The number of hydrazine groups is 1. The van der Waals surface area contributed by atoms with Crippen LogP contribution < -0.4 is 16.2 Å². The van der Waals surface area contributed by atoms with Crippen molar-refractivity contribution in [1.29, 1.82) is 0 Å². The molecule has 0 aromatic heterocycles. The van der Waals surface area contributed by atoms with Gasteiger partial charge in [-0.25, -0.2) is 4.79 Å². The number of carbonyl (C=O) groups excluding carboxylic acids is 3. The van der Waals surface area contributed by atoms with Gasteiger partial charge in [0.2, 0.25) is 11.8 Å². The average molecular weight is 333 g/mol. The van der Waals surface area contributed by atoms with Crippen molar-refractivity contribution in [2.75, 3.05) is 5.32 Å². The second kappa shape index (κ2) is 9.09. The zero-order chi connectivity index (χ0) is 18.1. The quantitative estimate of drug-likeness (QED) is 0.453. The molecule has 0 unspecified atom stereocenters. The molecule has 0 atom stereocenters. The van der Waals surface area contributed by atoms with Gasteiger partial charge >= 0.3 is 5.97 Å². The van der Waals surface area contributed by atoms with Crippen molar-refractivity contribution in [3.05, 3.63) is 41.5 Å². The van der Waals surface area contributed by atoms with Crippen LogP contribution in [0.3, 0.4) is 0 Å². The lowest BCUT2D eigenvalue weighted by atomic mass is 10.1. The van der Waals surface area contributed by atoms with Gasteiger partial charge in [-0.1, -0.05) is 6.07 Å². The fourth-order valence-corrected chi connectivity index (χ4v) is 1.65. The summed E-state index contributed by atoms with van der Waals surface area (Å²) in [6.07, 6.45) is 1.22. The van der Waals surface area contributed by atoms with Gasteiger partial charge in [-0.3, -0.25) is 25.2 Å². The highest BCUT2D eigenvalue weighted by Crippen LogP contribution is 2.14. The summed E-state index contributed by atoms with van der Waals surface area (Å²) in [7, 11) is 0. The average Bonchev–Trinajstić information content (AvgIpc) is 2.52. The standard InChI is InChI=1S/C16H19N3O5/c1-10-3-4-12(9-11(10)2)17-13(20)5-6-14(21)18-19-15(22)7-8-16(23)24/h3-4,7-9H,5-6H2,1-2H3,(H,17,20)(H,18,21)(H,19,22)(H,23,24)/b8-7+. The summed E-state index contributed by atoms with van der Waals surface area (Å²) in [6.45, 7) is 3.89. The molecule has 0 fully saturated rings. The Morgan fingerprint density at radius 1 is 0.958 bits per heavy atom. The first-order valence-corrected chi connectivity index (χ1v) is 7.15. The third kappa shape index (κ3) is 7.21. The molecule has 0 spiro atoms. The van der Waals surface area contributed by atoms with E-state index in [0.29, 0.717) is 11.8 Å². The number of hydrogen-bond donors (Lipinski definition) is 4. The number of carboxylic acid groups (broad SMARTS) is 1. The van der Waals surface area contributed by atoms with E-state index in [9.17, 15) is 19.2 Å². The maximum absolute atomic E-state index is 11.8. The summed E-state index contributed by atoms with van der Waals surface area (Å²) < 4.78 is 0. The zero-order valence-electron chi connectivity index (χ0n) is 13.4. The van der Waals surface area contributed by atoms with Crippen molar-refractivity contribution in [1.82, 2.24) is 10.9 Å². The van der Waals surface area contributed by atoms with Crippen LogP contribution in [0.1, 0.15) is 24.0 Å². The van der Waals surface area contributed by atoms with Gasteiger partial charge in [0, 0.05) is 30.7 Å². The monoisotopic (exact) mass is 333 g/mol. The lowest BCUT2D eigenvalue weighted by molar-refractivity contribution is -0.131. The number of carbonyl (C=O) groups is 4. The van der Waals surface area contributed by atoms with Crippen LogP contribution in [0, 0.1) is 13.8 Å². The van der Waals surface area contributed by atoms with Gasteiger partial charge in [0.15, 0.2) is 0 Å². The summed E-state index contributed by atoms with van der Waals surface area (Å²) in [4.78, 5) is 44.6. The topological polar surface area (TPSA) is 125 Å². The van der Waals surface area contributed by atoms with Crippen LogP contribution in [0.4, 0.5) is 5.69 Å². The summed E-state index contributed by atoms with van der Waals surface area (Å²) >= 11 is 0. The molecule has 8 nitrogen and oxygen atoms in total. The maximum Gasteiger partial charge on any atom is 0.328 e. The number of benzene rings is 1. The van der Waals surface area contributed by atoms with Gasteiger partial charge in [0.25, 0.3) is 5.91 Å². The predicted molar refractivity (Wildman–Crippen MR) is 86.8 cm³/mol. The van der Waals surface area contributed by atoms with Gasteiger partial charge in [0.05, 0.1) is 0 Å². The Kier molecular flexibility index (Phi) is 7.15. The van der Waals surface area contributed by atoms with Crippen LogP contribution in [0.2, 0.25) is 0 Å². The molecule has 0 aliphatic heterocycles. The van der Waals surface area contributed by atoms with E-state index < -0.39 is 17.8 Å². The van der Waals surface area contributed by atoms with Gasteiger partial charge in [-0.05, 0) is 37.1 Å². The van der Waals surface area contributed by atoms with E-state index in [1.54, 1.807) is 6.07 Å². The number of aryl methyl sites for hydroxylation is 2. The number of aliphatic carboxylic acids is 1. The number of rotatable bonds is 6. The number of amides is 3. The molecule has 0 bridgehead atoms. The van der Waals surface area contributed by atoms with E-state index in [4.69, 9.17) is 5.11 Å². The Morgan fingerprint density at radius 3 is 2.25 bits per heavy atom. The molecular formula is C16H19N3O5. The van der Waals surface area contributed by atoms with Crippen molar-refractivity contribution in [2.45, 2.75) is 26.7 Å². The van der Waals surface area contributed by atoms with Crippen LogP contribution in [0.25, 0.3) is 0 Å². The van der Waals surface area contributed by atoms with Gasteiger partial charge < -0.3 is 10.4 Å². The number of anilines is 1. The smallest absolute Gasteiger partial charge is 0.328 e. The molecule has 0 radical (unpaired) electrons. The maximum atomic E-state index is 11.8. The van der Waals surface area contributed by atoms with E-state index in [1.165, 1.54) is 0 Å². The Morgan fingerprint density at radius 2 is 1.62 bits per heavy atom. The summed E-state index contributed by atoms with van der Waals surface area (Å²) in [5.74, 6) is -2.96. The highest BCUT2D eigenvalue weighted by molar-refractivity contribution is 5.96. The number of nitrogens with one attached hydrogen (secondary N) is 3. The van der Waals surface area contributed by atoms with Crippen molar-refractivity contribution in [3.8, 4) is 0 Å². The van der Waals surface area contributed by atoms with E-state index in [-0.39, 0.29) is 18.7 Å². The normalized spacial score (nSPS) is 10.2. The predicted octanol–water partition coefficient (Wildman–Crippen LogP) is 0.810. The molecule has 3 amide bonds.